The Kier molecular flexibility index (Phi) is 6.10. The summed E-state index contributed by atoms with van der Waals surface area (Å²) in [5, 5.41) is 0. The van der Waals surface area contributed by atoms with E-state index in [4.69, 9.17) is 4.74 Å². The van der Waals surface area contributed by atoms with Gasteiger partial charge in [0.2, 0.25) is 0 Å². The molecule has 0 saturated carbocycles. The molecule has 0 fully saturated rings. The third-order valence-electron chi connectivity index (χ3n) is 2.70. The predicted molar refractivity (Wildman–Crippen MR) is 65.2 cm³/mol. The molecule has 1 nitrogen and oxygen atoms in total. The highest BCUT2D eigenvalue weighted by molar-refractivity contribution is 5.19. The average molecular weight is 206 g/mol. The van der Waals surface area contributed by atoms with Crippen molar-refractivity contribution < 1.29 is 4.74 Å². The summed E-state index contributed by atoms with van der Waals surface area (Å²) in [6.45, 7) is 5.97. The zero-order valence-electron chi connectivity index (χ0n) is 9.91. The fourth-order valence-electron chi connectivity index (χ4n) is 1.78. The van der Waals surface area contributed by atoms with Crippen LogP contribution in [0.15, 0.2) is 30.3 Å². The van der Waals surface area contributed by atoms with Gasteiger partial charge in [0.05, 0.1) is 6.61 Å². The maximum atomic E-state index is 5.55. The fourth-order valence-corrected chi connectivity index (χ4v) is 1.78. The molecule has 0 radical (unpaired) electrons. The standard InChI is InChI=1S/C14H22O/c1-3-5-9-14(12-15-4-2)13-10-7-6-8-11-13/h6-8,10-11,14H,3-5,9,12H2,1-2H3. The maximum absolute atomic E-state index is 5.55. The minimum atomic E-state index is 0.575. The maximum Gasteiger partial charge on any atom is 0.0534 e. The minimum Gasteiger partial charge on any atom is -0.381 e. The first-order valence-electron chi connectivity index (χ1n) is 6.01. The second kappa shape index (κ2) is 7.47. The SMILES string of the molecule is CCCCC(COCC)c1ccccc1. The minimum absolute atomic E-state index is 0.575. The Labute approximate surface area is 93.5 Å². The summed E-state index contributed by atoms with van der Waals surface area (Å²) in [6.07, 6.45) is 3.78. The van der Waals surface area contributed by atoms with Crippen molar-refractivity contribution in [1.29, 1.82) is 0 Å². The van der Waals surface area contributed by atoms with E-state index in [1.165, 1.54) is 24.8 Å². The van der Waals surface area contributed by atoms with E-state index in [1.807, 2.05) is 0 Å². The molecule has 0 aliphatic heterocycles. The van der Waals surface area contributed by atoms with Gasteiger partial charge in [-0.2, -0.15) is 0 Å². The molecule has 0 heterocycles. The highest BCUT2D eigenvalue weighted by Gasteiger charge is 2.10. The molecule has 0 aliphatic carbocycles. The fraction of sp³-hybridized carbons (Fsp3) is 0.571. The Balaban J connectivity index is 2.55. The first-order valence-corrected chi connectivity index (χ1v) is 6.01. The van der Waals surface area contributed by atoms with Crippen molar-refractivity contribution in [2.24, 2.45) is 0 Å². The molecule has 1 aromatic carbocycles. The van der Waals surface area contributed by atoms with Gasteiger partial charge in [-0.25, -0.2) is 0 Å². The molecule has 0 bridgehead atoms. The zero-order chi connectivity index (χ0) is 10.9. The Morgan fingerprint density at radius 1 is 1.13 bits per heavy atom. The molecular weight excluding hydrogens is 184 g/mol. The van der Waals surface area contributed by atoms with Gasteiger partial charge in [-0.05, 0) is 18.9 Å². The van der Waals surface area contributed by atoms with E-state index in [1.54, 1.807) is 0 Å². The topological polar surface area (TPSA) is 9.23 Å². The first kappa shape index (κ1) is 12.3. The second-order valence-corrected chi connectivity index (χ2v) is 3.91. The van der Waals surface area contributed by atoms with E-state index in [0.29, 0.717) is 5.92 Å². The van der Waals surface area contributed by atoms with Gasteiger partial charge in [0.1, 0.15) is 0 Å². The highest BCUT2D eigenvalue weighted by Crippen LogP contribution is 2.22. The molecule has 0 N–H and O–H groups in total. The van der Waals surface area contributed by atoms with E-state index < -0.39 is 0 Å². The molecule has 1 rings (SSSR count). The van der Waals surface area contributed by atoms with Crippen LogP contribution in [0.2, 0.25) is 0 Å². The lowest BCUT2D eigenvalue weighted by Crippen LogP contribution is -2.08. The first-order chi connectivity index (χ1) is 7.38. The zero-order valence-corrected chi connectivity index (χ0v) is 9.91. The van der Waals surface area contributed by atoms with Crippen molar-refractivity contribution in [2.45, 2.75) is 39.0 Å². The Morgan fingerprint density at radius 3 is 2.47 bits per heavy atom. The summed E-state index contributed by atoms with van der Waals surface area (Å²) in [4.78, 5) is 0. The van der Waals surface area contributed by atoms with Crippen LogP contribution in [-0.4, -0.2) is 13.2 Å². The summed E-state index contributed by atoms with van der Waals surface area (Å²) < 4.78 is 5.55. The molecule has 15 heavy (non-hydrogen) atoms. The van der Waals surface area contributed by atoms with Crippen molar-refractivity contribution in [3.8, 4) is 0 Å². The Hall–Kier alpha value is -0.820. The molecule has 0 aromatic heterocycles. The summed E-state index contributed by atoms with van der Waals surface area (Å²) >= 11 is 0. The van der Waals surface area contributed by atoms with E-state index in [2.05, 4.69) is 44.2 Å². The predicted octanol–water partition coefficient (Wildman–Crippen LogP) is 4.00. The lowest BCUT2D eigenvalue weighted by Gasteiger charge is -2.16. The summed E-state index contributed by atoms with van der Waals surface area (Å²) in [6, 6.07) is 10.7. The van der Waals surface area contributed by atoms with Crippen LogP contribution in [0.3, 0.4) is 0 Å². The van der Waals surface area contributed by atoms with Crippen LogP contribution in [-0.2, 0) is 4.74 Å². The smallest absolute Gasteiger partial charge is 0.0534 e. The van der Waals surface area contributed by atoms with Gasteiger partial charge in [0, 0.05) is 12.5 Å². The molecule has 1 heteroatoms. The van der Waals surface area contributed by atoms with Crippen LogP contribution in [0.5, 0.6) is 0 Å². The van der Waals surface area contributed by atoms with Crippen LogP contribution in [0, 0.1) is 0 Å². The molecule has 0 saturated heterocycles. The molecule has 0 aliphatic rings. The molecule has 1 unspecified atom stereocenters. The largest absolute Gasteiger partial charge is 0.381 e. The monoisotopic (exact) mass is 206 g/mol. The normalized spacial score (nSPS) is 12.7. The van der Waals surface area contributed by atoms with Crippen molar-refractivity contribution in [3.63, 3.8) is 0 Å². The van der Waals surface area contributed by atoms with Gasteiger partial charge in [0.15, 0.2) is 0 Å². The third kappa shape index (κ3) is 4.48. The average Bonchev–Trinajstić information content (AvgIpc) is 2.30. The number of unbranched alkanes of at least 4 members (excludes halogenated alkanes) is 1. The van der Waals surface area contributed by atoms with Crippen molar-refractivity contribution in [1.82, 2.24) is 0 Å². The van der Waals surface area contributed by atoms with Gasteiger partial charge >= 0.3 is 0 Å². The molecule has 1 atom stereocenters. The Morgan fingerprint density at radius 2 is 1.87 bits per heavy atom. The molecule has 1 aromatic rings. The molecule has 0 amide bonds. The number of ether oxygens (including phenoxy) is 1. The van der Waals surface area contributed by atoms with E-state index >= 15 is 0 Å². The van der Waals surface area contributed by atoms with Gasteiger partial charge in [0.25, 0.3) is 0 Å². The van der Waals surface area contributed by atoms with Crippen LogP contribution in [0.1, 0.15) is 44.6 Å². The second-order valence-electron chi connectivity index (χ2n) is 3.91. The van der Waals surface area contributed by atoms with Crippen LogP contribution < -0.4 is 0 Å². The summed E-state index contributed by atoms with van der Waals surface area (Å²) in [5.41, 5.74) is 1.42. The van der Waals surface area contributed by atoms with Crippen molar-refractivity contribution in [3.05, 3.63) is 35.9 Å². The molecule has 0 spiro atoms. The number of hydrogen-bond donors (Lipinski definition) is 0. The van der Waals surface area contributed by atoms with E-state index in [9.17, 15) is 0 Å². The van der Waals surface area contributed by atoms with Gasteiger partial charge in [-0.3, -0.25) is 0 Å². The summed E-state index contributed by atoms with van der Waals surface area (Å²) in [7, 11) is 0. The van der Waals surface area contributed by atoms with E-state index in [-0.39, 0.29) is 0 Å². The van der Waals surface area contributed by atoms with Gasteiger partial charge in [-0.1, -0.05) is 50.1 Å². The lowest BCUT2D eigenvalue weighted by atomic mass is 9.94. The van der Waals surface area contributed by atoms with Crippen LogP contribution >= 0.6 is 0 Å². The van der Waals surface area contributed by atoms with Gasteiger partial charge in [-0.15, -0.1) is 0 Å². The van der Waals surface area contributed by atoms with E-state index in [0.717, 1.165) is 13.2 Å². The number of hydrogen-bond acceptors (Lipinski definition) is 1. The lowest BCUT2D eigenvalue weighted by molar-refractivity contribution is 0.129. The molecule has 84 valence electrons. The third-order valence-corrected chi connectivity index (χ3v) is 2.70. The van der Waals surface area contributed by atoms with Crippen molar-refractivity contribution in [2.75, 3.05) is 13.2 Å². The summed E-state index contributed by atoms with van der Waals surface area (Å²) in [5.74, 6) is 0.575. The number of benzene rings is 1. The van der Waals surface area contributed by atoms with Gasteiger partial charge < -0.3 is 4.74 Å². The van der Waals surface area contributed by atoms with Crippen molar-refractivity contribution >= 4 is 0 Å². The van der Waals surface area contributed by atoms with Crippen LogP contribution in [0.25, 0.3) is 0 Å². The quantitative estimate of drug-likeness (QED) is 0.655. The highest BCUT2D eigenvalue weighted by atomic mass is 16.5. The number of rotatable bonds is 7. The Bertz CT molecular complexity index is 235. The van der Waals surface area contributed by atoms with Crippen LogP contribution in [0.4, 0.5) is 0 Å². The molecular formula is C14H22O.